The average Bonchev–Trinajstić information content (AvgIpc) is 3.09. The summed E-state index contributed by atoms with van der Waals surface area (Å²) in [5.41, 5.74) is 0.393. The van der Waals surface area contributed by atoms with E-state index in [1.54, 1.807) is 0 Å². The third kappa shape index (κ3) is 2.89. The molecule has 3 aliphatic carbocycles. The van der Waals surface area contributed by atoms with Gasteiger partial charge in [0.15, 0.2) is 0 Å². The van der Waals surface area contributed by atoms with Crippen LogP contribution in [0.25, 0.3) is 0 Å². The van der Waals surface area contributed by atoms with Gasteiger partial charge in [-0.1, -0.05) is 33.8 Å². The number of hydrogen-bond donors (Lipinski definition) is 3. The monoisotopic (exact) mass is 418 g/mol. The van der Waals surface area contributed by atoms with Gasteiger partial charge < -0.3 is 24.5 Å². The van der Waals surface area contributed by atoms with Crippen molar-refractivity contribution in [1.29, 1.82) is 0 Å². The fourth-order valence-corrected chi connectivity index (χ4v) is 6.54. The van der Waals surface area contributed by atoms with Crippen LogP contribution in [0.5, 0.6) is 0 Å². The zero-order valence-corrected chi connectivity index (χ0v) is 19.2. The van der Waals surface area contributed by atoms with Crippen molar-refractivity contribution in [2.45, 2.75) is 103 Å². The second kappa shape index (κ2) is 7.19. The van der Waals surface area contributed by atoms with Crippen molar-refractivity contribution in [3.05, 3.63) is 34.8 Å². The van der Waals surface area contributed by atoms with Crippen molar-refractivity contribution in [3.8, 4) is 0 Å². The first-order valence-corrected chi connectivity index (χ1v) is 11.5. The zero-order valence-electron chi connectivity index (χ0n) is 19.2. The van der Waals surface area contributed by atoms with Gasteiger partial charge in [0.05, 0.1) is 12.4 Å². The summed E-state index contributed by atoms with van der Waals surface area (Å²) in [6.45, 7) is 12.5. The second-order valence-electron chi connectivity index (χ2n) is 10.7. The predicted octanol–water partition coefficient (Wildman–Crippen LogP) is 4.09. The molecule has 5 nitrogen and oxygen atoms in total. The molecule has 0 unspecified atom stereocenters. The number of fused-ring (bicyclic) bond motifs is 5. The third-order valence-corrected chi connectivity index (χ3v) is 8.46. The van der Waals surface area contributed by atoms with Crippen LogP contribution in [0.15, 0.2) is 22.3 Å². The van der Waals surface area contributed by atoms with E-state index in [0.29, 0.717) is 13.0 Å². The first-order valence-electron chi connectivity index (χ1n) is 11.5. The SMILES string of the molecule is CC(C)OCc1occ2c1CC[C@]1(C)C3=C[C@@H](C)[C@@](O)(C(C)C)[C@@H](O)[C@]3(O)CC[C@@H]21. The summed E-state index contributed by atoms with van der Waals surface area (Å²) in [5, 5.41) is 34.4. The summed E-state index contributed by atoms with van der Waals surface area (Å²) in [6, 6.07) is 0. The summed E-state index contributed by atoms with van der Waals surface area (Å²) >= 11 is 0. The van der Waals surface area contributed by atoms with Gasteiger partial charge in [0.1, 0.15) is 29.7 Å². The minimum absolute atomic E-state index is 0.152. The average molecular weight is 419 g/mol. The van der Waals surface area contributed by atoms with Crippen LogP contribution in [-0.4, -0.2) is 38.7 Å². The van der Waals surface area contributed by atoms with Crippen molar-refractivity contribution in [2.24, 2.45) is 17.3 Å². The maximum atomic E-state index is 11.7. The minimum Gasteiger partial charge on any atom is -0.466 e. The van der Waals surface area contributed by atoms with E-state index in [9.17, 15) is 15.3 Å². The molecule has 0 saturated heterocycles. The van der Waals surface area contributed by atoms with Gasteiger partial charge in [0.25, 0.3) is 0 Å². The van der Waals surface area contributed by atoms with E-state index in [1.165, 1.54) is 11.1 Å². The Bertz CT molecular complexity index is 839. The van der Waals surface area contributed by atoms with Crippen LogP contribution in [0, 0.1) is 17.3 Å². The summed E-state index contributed by atoms with van der Waals surface area (Å²) in [5.74, 6) is 0.750. The lowest BCUT2D eigenvalue weighted by Crippen LogP contribution is -2.68. The zero-order chi connectivity index (χ0) is 22.1. The maximum Gasteiger partial charge on any atom is 0.132 e. The normalized spacial score (nSPS) is 40.8. The van der Waals surface area contributed by atoms with Gasteiger partial charge in [0.2, 0.25) is 0 Å². The van der Waals surface area contributed by atoms with E-state index in [0.717, 1.165) is 30.6 Å². The topological polar surface area (TPSA) is 83.1 Å². The molecule has 0 bridgehead atoms. The lowest BCUT2D eigenvalue weighted by molar-refractivity contribution is -0.213. The summed E-state index contributed by atoms with van der Waals surface area (Å²) in [7, 11) is 0. The molecule has 3 N–H and O–H groups in total. The van der Waals surface area contributed by atoms with Crippen LogP contribution in [0.3, 0.4) is 0 Å². The molecule has 0 spiro atoms. The second-order valence-corrected chi connectivity index (χ2v) is 10.7. The molecule has 1 saturated carbocycles. The number of aliphatic hydroxyl groups excluding tert-OH is 1. The van der Waals surface area contributed by atoms with E-state index in [-0.39, 0.29) is 29.3 Å². The van der Waals surface area contributed by atoms with E-state index < -0.39 is 17.3 Å². The Kier molecular flexibility index (Phi) is 5.29. The van der Waals surface area contributed by atoms with E-state index in [4.69, 9.17) is 9.15 Å². The Morgan fingerprint density at radius 1 is 1.20 bits per heavy atom. The van der Waals surface area contributed by atoms with Crippen molar-refractivity contribution in [2.75, 3.05) is 0 Å². The van der Waals surface area contributed by atoms with Gasteiger partial charge in [-0.15, -0.1) is 0 Å². The predicted molar refractivity (Wildman–Crippen MR) is 115 cm³/mol. The molecule has 0 aromatic carbocycles. The third-order valence-electron chi connectivity index (χ3n) is 8.46. The van der Waals surface area contributed by atoms with Gasteiger partial charge in [-0.2, -0.15) is 0 Å². The molecular weight excluding hydrogens is 380 g/mol. The van der Waals surface area contributed by atoms with Crippen LogP contribution in [-0.2, 0) is 17.8 Å². The fourth-order valence-electron chi connectivity index (χ4n) is 6.54. The van der Waals surface area contributed by atoms with Gasteiger partial charge in [-0.3, -0.25) is 0 Å². The van der Waals surface area contributed by atoms with E-state index in [2.05, 4.69) is 13.0 Å². The van der Waals surface area contributed by atoms with Gasteiger partial charge in [-0.25, -0.2) is 0 Å². The molecule has 4 rings (SSSR count). The lowest BCUT2D eigenvalue weighted by atomic mass is 9.48. The molecule has 1 aromatic heterocycles. The fraction of sp³-hybridized carbons (Fsp3) is 0.760. The first-order chi connectivity index (χ1) is 14.0. The molecule has 1 heterocycles. The lowest BCUT2D eigenvalue weighted by Gasteiger charge is -2.60. The highest BCUT2D eigenvalue weighted by Gasteiger charge is 2.64. The summed E-state index contributed by atoms with van der Waals surface area (Å²) in [6.07, 6.45) is 5.83. The van der Waals surface area contributed by atoms with Crippen LogP contribution in [0.2, 0.25) is 0 Å². The number of rotatable bonds is 4. The Morgan fingerprint density at radius 2 is 1.90 bits per heavy atom. The molecule has 1 fully saturated rings. The number of hydrogen-bond acceptors (Lipinski definition) is 5. The maximum absolute atomic E-state index is 11.7. The van der Waals surface area contributed by atoms with Gasteiger partial charge in [-0.05, 0) is 73.5 Å². The Hall–Kier alpha value is -1.14. The minimum atomic E-state index is -1.39. The van der Waals surface area contributed by atoms with Gasteiger partial charge in [0, 0.05) is 5.92 Å². The van der Waals surface area contributed by atoms with Gasteiger partial charge >= 0.3 is 0 Å². The molecule has 168 valence electrons. The number of aliphatic hydroxyl groups is 3. The molecule has 0 radical (unpaired) electrons. The van der Waals surface area contributed by atoms with E-state index in [1.807, 2.05) is 40.9 Å². The van der Waals surface area contributed by atoms with Crippen molar-refractivity contribution in [3.63, 3.8) is 0 Å². The highest BCUT2D eigenvalue weighted by Crippen LogP contribution is 2.63. The smallest absolute Gasteiger partial charge is 0.132 e. The number of ether oxygens (including phenoxy) is 1. The molecule has 3 aliphatic rings. The molecule has 0 amide bonds. The van der Waals surface area contributed by atoms with Crippen molar-refractivity contribution in [1.82, 2.24) is 0 Å². The highest BCUT2D eigenvalue weighted by molar-refractivity contribution is 5.45. The first kappa shape index (κ1) is 22.1. The largest absolute Gasteiger partial charge is 0.466 e. The Morgan fingerprint density at radius 3 is 2.53 bits per heavy atom. The van der Waals surface area contributed by atoms with Crippen molar-refractivity contribution < 1.29 is 24.5 Å². The Balaban J connectivity index is 1.73. The molecular formula is C25H38O5. The highest BCUT2D eigenvalue weighted by atomic mass is 16.5. The van der Waals surface area contributed by atoms with E-state index >= 15 is 0 Å². The summed E-state index contributed by atoms with van der Waals surface area (Å²) < 4.78 is 11.7. The van der Waals surface area contributed by atoms with Crippen LogP contribution in [0.4, 0.5) is 0 Å². The van der Waals surface area contributed by atoms with Crippen LogP contribution >= 0.6 is 0 Å². The van der Waals surface area contributed by atoms with Crippen LogP contribution in [0.1, 0.15) is 83.6 Å². The molecule has 1 aromatic rings. The van der Waals surface area contributed by atoms with Crippen LogP contribution < -0.4 is 0 Å². The number of furan rings is 1. The standard InChI is InChI=1S/C25H38O5/c1-14(2)25(28)16(5)11-21-23(6)9-7-17-18(12-30-20(17)13-29-15(3)4)19(23)8-10-24(21,27)22(25)26/h11-12,14-16,19,22,26-28H,7-10,13H2,1-6H3/t16-,19+,22+,23+,24+,25+/m1/s1. The molecule has 6 atom stereocenters. The quantitative estimate of drug-likeness (QED) is 0.642. The Labute approximate surface area is 180 Å². The molecule has 30 heavy (non-hydrogen) atoms. The molecule has 0 aliphatic heterocycles. The summed E-state index contributed by atoms with van der Waals surface area (Å²) in [4.78, 5) is 0. The van der Waals surface area contributed by atoms with Crippen molar-refractivity contribution >= 4 is 0 Å². The molecule has 5 heteroatoms.